The van der Waals surface area contributed by atoms with Gasteiger partial charge in [0.2, 0.25) is 5.91 Å². The maximum absolute atomic E-state index is 11.2. The van der Waals surface area contributed by atoms with Crippen LogP contribution in [0.3, 0.4) is 0 Å². The van der Waals surface area contributed by atoms with Crippen LogP contribution in [-0.2, 0) is 4.79 Å². The zero-order valence-electron chi connectivity index (χ0n) is 15.2. The largest absolute Gasteiger partial charge is 0.370 e. The Labute approximate surface area is 146 Å². The van der Waals surface area contributed by atoms with Gasteiger partial charge in [-0.1, -0.05) is 6.42 Å². The van der Waals surface area contributed by atoms with Crippen LogP contribution in [0.1, 0.15) is 58.3 Å². The molecule has 0 aromatic rings. The molecule has 3 N–H and O–H groups in total. The zero-order valence-corrected chi connectivity index (χ0v) is 15.2. The van der Waals surface area contributed by atoms with Gasteiger partial charge in [-0.25, -0.2) is 0 Å². The highest BCUT2D eigenvalue weighted by Crippen LogP contribution is 2.49. The first-order chi connectivity index (χ1) is 11.7. The molecule has 5 nitrogen and oxygen atoms in total. The van der Waals surface area contributed by atoms with Crippen molar-refractivity contribution in [3.05, 3.63) is 0 Å². The highest BCUT2D eigenvalue weighted by atomic mass is 16.1. The molecule has 4 unspecified atom stereocenters. The molecular formula is C19H34N4O. The predicted octanol–water partition coefficient (Wildman–Crippen LogP) is 2.37. The molecule has 0 aromatic carbocycles. The number of hydrogen-bond acceptors (Lipinski definition) is 2. The van der Waals surface area contributed by atoms with Crippen molar-refractivity contribution in [2.24, 2.45) is 34.4 Å². The summed E-state index contributed by atoms with van der Waals surface area (Å²) in [5.41, 5.74) is 5.38. The number of nitrogens with two attached hydrogens (primary N) is 1. The van der Waals surface area contributed by atoms with Crippen LogP contribution in [0.2, 0.25) is 0 Å². The Hall–Kier alpha value is -1.26. The van der Waals surface area contributed by atoms with Crippen molar-refractivity contribution in [2.75, 3.05) is 26.2 Å². The number of carbonyl (C=O) groups is 1. The fourth-order valence-electron chi connectivity index (χ4n) is 5.20. The molecule has 2 saturated carbocycles. The molecule has 1 aliphatic heterocycles. The Morgan fingerprint density at radius 3 is 2.83 bits per heavy atom. The van der Waals surface area contributed by atoms with Gasteiger partial charge in [-0.3, -0.25) is 9.79 Å². The Balaban J connectivity index is 1.51. The van der Waals surface area contributed by atoms with Crippen molar-refractivity contribution in [2.45, 2.75) is 58.3 Å². The molecule has 4 atom stereocenters. The first kappa shape index (κ1) is 17.6. The summed E-state index contributed by atoms with van der Waals surface area (Å²) < 4.78 is 0. The van der Waals surface area contributed by atoms with E-state index < -0.39 is 0 Å². The highest BCUT2D eigenvalue weighted by Gasteiger charge is 2.38. The SMILES string of the molecule is CCNC(=NCCC1CC2CCC1C2)N1CCCC(CC(N)=O)C1. The first-order valence-corrected chi connectivity index (χ1v) is 9.97. The number of hydrogen-bond donors (Lipinski definition) is 2. The molecule has 3 rings (SSSR count). The average Bonchev–Trinajstić information content (AvgIpc) is 3.16. The second kappa shape index (κ2) is 8.21. The number of nitrogens with one attached hydrogen (secondary N) is 1. The molecule has 2 aliphatic carbocycles. The Bertz CT molecular complexity index is 464. The molecule has 2 bridgehead atoms. The fourth-order valence-corrected chi connectivity index (χ4v) is 5.20. The maximum atomic E-state index is 11.2. The number of primary amides is 1. The minimum atomic E-state index is -0.180. The van der Waals surface area contributed by atoms with Crippen molar-refractivity contribution >= 4 is 11.9 Å². The average molecular weight is 335 g/mol. The van der Waals surface area contributed by atoms with Crippen molar-refractivity contribution in [1.82, 2.24) is 10.2 Å². The minimum absolute atomic E-state index is 0.180. The Morgan fingerprint density at radius 2 is 2.17 bits per heavy atom. The van der Waals surface area contributed by atoms with Crippen LogP contribution in [0, 0.1) is 23.7 Å². The van der Waals surface area contributed by atoms with Crippen molar-refractivity contribution in [3.8, 4) is 0 Å². The van der Waals surface area contributed by atoms with Crippen molar-refractivity contribution in [3.63, 3.8) is 0 Å². The Morgan fingerprint density at radius 1 is 1.29 bits per heavy atom. The molecule has 1 saturated heterocycles. The van der Waals surface area contributed by atoms with E-state index in [0.717, 1.165) is 62.7 Å². The van der Waals surface area contributed by atoms with Crippen LogP contribution in [-0.4, -0.2) is 42.9 Å². The van der Waals surface area contributed by atoms with E-state index in [1.54, 1.807) is 0 Å². The summed E-state index contributed by atoms with van der Waals surface area (Å²) in [6.07, 6.45) is 9.83. The van der Waals surface area contributed by atoms with E-state index in [4.69, 9.17) is 10.7 Å². The van der Waals surface area contributed by atoms with Gasteiger partial charge < -0.3 is 16.0 Å². The molecule has 1 amide bonds. The minimum Gasteiger partial charge on any atom is -0.370 e. The number of likely N-dealkylation sites (tertiary alicyclic amines) is 1. The van der Waals surface area contributed by atoms with E-state index in [1.807, 2.05) is 0 Å². The molecule has 3 aliphatic rings. The topological polar surface area (TPSA) is 70.7 Å². The summed E-state index contributed by atoms with van der Waals surface area (Å²) in [5, 5.41) is 3.45. The highest BCUT2D eigenvalue weighted by molar-refractivity contribution is 5.80. The number of amides is 1. The van der Waals surface area contributed by atoms with E-state index in [0.29, 0.717) is 12.3 Å². The summed E-state index contributed by atoms with van der Waals surface area (Å²) in [7, 11) is 0. The smallest absolute Gasteiger partial charge is 0.217 e. The van der Waals surface area contributed by atoms with E-state index in [9.17, 15) is 4.79 Å². The molecule has 24 heavy (non-hydrogen) atoms. The third kappa shape index (κ3) is 4.42. The van der Waals surface area contributed by atoms with E-state index in [2.05, 4.69) is 17.1 Å². The van der Waals surface area contributed by atoms with Gasteiger partial charge in [0.1, 0.15) is 0 Å². The van der Waals surface area contributed by atoms with Crippen LogP contribution in [0.4, 0.5) is 0 Å². The van der Waals surface area contributed by atoms with Gasteiger partial charge in [-0.2, -0.15) is 0 Å². The molecular weight excluding hydrogens is 300 g/mol. The Kier molecular flexibility index (Phi) is 6.01. The van der Waals surface area contributed by atoms with Gasteiger partial charge in [0, 0.05) is 32.6 Å². The fraction of sp³-hybridized carbons (Fsp3) is 0.895. The van der Waals surface area contributed by atoms with Crippen molar-refractivity contribution < 1.29 is 4.79 Å². The number of guanidine groups is 1. The quantitative estimate of drug-likeness (QED) is 0.579. The summed E-state index contributed by atoms with van der Waals surface area (Å²) in [6.45, 7) is 5.89. The van der Waals surface area contributed by atoms with Gasteiger partial charge in [0.25, 0.3) is 0 Å². The van der Waals surface area contributed by atoms with E-state index in [1.165, 1.54) is 32.1 Å². The van der Waals surface area contributed by atoms with Gasteiger partial charge in [-0.05, 0) is 69.1 Å². The lowest BCUT2D eigenvalue weighted by Gasteiger charge is -2.34. The lowest BCUT2D eigenvalue weighted by Crippen LogP contribution is -2.47. The molecule has 3 fully saturated rings. The van der Waals surface area contributed by atoms with Crippen molar-refractivity contribution in [1.29, 1.82) is 0 Å². The summed E-state index contributed by atoms with van der Waals surface area (Å²) >= 11 is 0. The normalized spacial score (nSPS) is 33.0. The van der Waals surface area contributed by atoms with Crippen LogP contribution in [0.15, 0.2) is 4.99 Å². The second-order valence-corrected chi connectivity index (χ2v) is 8.08. The van der Waals surface area contributed by atoms with E-state index >= 15 is 0 Å². The van der Waals surface area contributed by atoms with E-state index in [-0.39, 0.29) is 5.91 Å². The predicted molar refractivity (Wildman–Crippen MR) is 97.6 cm³/mol. The summed E-state index contributed by atoms with van der Waals surface area (Å²) in [6, 6.07) is 0. The van der Waals surface area contributed by atoms with Gasteiger partial charge >= 0.3 is 0 Å². The lowest BCUT2D eigenvalue weighted by atomic mass is 9.86. The van der Waals surface area contributed by atoms with Crippen LogP contribution < -0.4 is 11.1 Å². The van der Waals surface area contributed by atoms with Crippen LogP contribution in [0.5, 0.6) is 0 Å². The van der Waals surface area contributed by atoms with Gasteiger partial charge in [-0.15, -0.1) is 0 Å². The first-order valence-electron chi connectivity index (χ1n) is 9.97. The van der Waals surface area contributed by atoms with Crippen LogP contribution in [0.25, 0.3) is 0 Å². The summed E-state index contributed by atoms with van der Waals surface area (Å²) in [5.74, 6) is 4.16. The number of fused-ring (bicyclic) bond motifs is 2. The monoisotopic (exact) mass is 334 g/mol. The third-order valence-corrected chi connectivity index (χ3v) is 6.29. The lowest BCUT2D eigenvalue weighted by molar-refractivity contribution is -0.119. The number of rotatable bonds is 6. The molecule has 136 valence electrons. The molecule has 0 spiro atoms. The molecule has 5 heteroatoms. The summed E-state index contributed by atoms with van der Waals surface area (Å²) in [4.78, 5) is 18.5. The molecule has 1 heterocycles. The van der Waals surface area contributed by atoms with Gasteiger partial charge in [0.15, 0.2) is 5.96 Å². The van der Waals surface area contributed by atoms with Crippen LogP contribution >= 0.6 is 0 Å². The number of nitrogens with zero attached hydrogens (tertiary/aromatic N) is 2. The van der Waals surface area contributed by atoms with Gasteiger partial charge in [0.05, 0.1) is 0 Å². The maximum Gasteiger partial charge on any atom is 0.217 e. The number of carbonyl (C=O) groups excluding carboxylic acids is 1. The zero-order chi connectivity index (χ0) is 16.9. The number of aliphatic imine (C=N–C) groups is 1. The molecule has 0 aromatic heterocycles. The third-order valence-electron chi connectivity index (χ3n) is 6.29. The standard InChI is InChI=1S/C19H34N4O/c1-2-21-19(23-9-3-4-15(13-23)12-18(20)24)22-8-7-17-11-14-5-6-16(17)10-14/h14-17H,2-13H2,1H3,(H2,20,24)(H,21,22). The number of piperidine rings is 1. The second-order valence-electron chi connectivity index (χ2n) is 8.08. The molecule has 0 radical (unpaired) electrons.